The number of ether oxygens (including phenoxy) is 1. The van der Waals surface area contributed by atoms with Gasteiger partial charge in [0.05, 0.1) is 12.2 Å². The van der Waals surface area contributed by atoms with Crippen molar-refractivity contribution in [3.05, 3.63) is 29.8 Å². The average Bonchev–Trinajstić information content (AvgIpc) is 2.25. The van der Waals surface area contributed by atoms with Crippen molar-refractivity contribution in [1.29, 1.82) is 0 Å². The van der Waals surface area contributed by atoms with Crippen LogP contribution in [0.2, 0.25) is 0 Å². The van der Waals surface area contributed by atoms with E-state index in [1.165, 1.54) is 5.56 Å². The van der Waals surface area contributed by atoms with Gasteiger partial charge >= 0.3 is 0 Å². The second-order valence-electron chi connectivity index (χ2n) is 5.16. The van der Waals surface area contributed by atoms with E-state index in [9.17, 15) is 5.11 Å². The molecule has 2 nitrogen and oxygen atoms in total. The van der Waals surface area contributed by atoms with Crippen molar-refractivity contribution in [2.24, 2.45) is 5.92 Å². The van der Waals surface area contributed by atoms with Gasteiger partial charge in [-0.25, -0.2) is 0 Å². The molecule has 1 atom stereocenters. The van der Waals surface area contributed by atoms with E-state index < -0.39 is 0 Å². The third-order valence-electron chi connectivity index (χ3n) is 2.77. The Morgan fingerprint density at radius 1 is 1.18 bits per heavy atom. The van der Waals surface area contributed by atoms with Gasteiger partial charge in [-0.05, 0) is 50.3 Å². The topological polar surface area (TPSA) is 29.5 Å². The lowest BCUT2D eigenvalue weighted by molar-refractivity contribution is 0.116. The SMILES string of the molecule is CC(C)Oc1cccc(CCC(O)C(C)C)c1. The second-order valence-corrected chi connectivity index (χ2v) is 5.16. The third-order valence-corrected chi connectivity index (χ3v) is 2.77. The van der Waals surface area contributed by atoms with E-state index in [0.29, 0.717) is 5.92 Å². The van der Waals surface area contributed by atoms with Crippen LogP contribution < -0.4 is 4.74 Å². The molecule has 0 aliphatic rings. The fourth-order valence-corrected chi connectivity index (χ4v) is 1.69. The first kappa shape index (κ1) is 14.0. The van der Waals surface area contributed by atoms with Crippen molar-refractivity contribution >= 4 is 0 Å². The first-order valence-electron chi connectivity index (χ1n) is 6.42. The number of hydrogen-bond donors (Lipinski definition) is 1. The lowest BCUT2D eigenvalue weighted by Gasteiger charge is -2.15. The maximum absolute atomic E-state index is 9.77. The van der Waals surface area contributed by atoms with Crippen LogP contribution in [0.4, 0.5) is 0 Å². The summed E-state index contributed by atoms with van der Waals surface area (Å²) in [6, 6.07) is 8.13. The van der Waals surface area contributed by atoms with Gasteiger partial charge in [-0.3, -0.25) is 0 Å². The van der Waals surface area contributed by atoms with Crippen LogP contribution >= 0.6 is 0 Å². The zero-order chi connectivity index (χ0) is 12.8. The predicted molar refractivity (Wildman–Crippen MR) is 71.4 cm³/mol. The summed E-state index contributed by atoms with van der Waals surface area (Å²) in [5, 5.41) is 9.77. The summed E-state index contributed by atoms with van der Waals surface area (Å²) >= 11 is 0. The number of aliphatic hydroxyl groups is 1. The van der Waals surface area contributed by atoms with Crippen molar-refractivity contribution in [2.75, 3.05) is 0 Å². The van der Waals surface area contributed by atoms with Crippen LogP contribution in [0.1, 0.15) is 39.7 Å². The maximum Gasteiger partial charge on any atom is 0.119 e. The Hall–Kier alpha value is -1.02. The molecule has 17 heavy (non-hydrogen) atoms. The molecule has 1 N–H and O–H groups in total. The van der Waals surface area contributed by atoms with Crippen molar-refractivity contribution in [2.45, 2.75) is 52.7 Å². The molecule has 1 unspecified atom stereocenters. The summed E-state index contributed by atoms with van der Waals surface area (Å²) in [5.41, 5.74) is 1.22. The molecule has 1 rings (SSSR count). The summed E-state index contributed by atoms with van der Waals surface area (Å²) in [7, 11) is 0. The number of benzene rings is 1. The van der Waals surface area contributed by atoms with Gasteiger partial charge in [-0.15, -0.1) is 0 Å². The summed E-state index contributed by atoms with van der Waals surface area (Å²) < 4.78 is 5.65. The minimum absolute atomic E-state index is 0.200. The quantitative estimate of drug-likeness (QED) is 0.820. The zero-order valence-corrected chi connectivity index (χ0v) is 11.3. The molecule has 1 aromatic carbocycles. The van der Waals surface area contributed by atoms with E-state index >= 15 is 0 Å². The summed E-state index contributed by atoms with van der Waals surface area (Å²) in [5.74, 6) is 1.24. The Kier molecular flexibility index (Phi) is 5.49. The molecule has 0 heterocycles. The van der Waals surface area contributed by atoms with Crippen LogP contribution in [0, 0.1) is 5.92 Å². The fraction of sp³-hybridized carbons (Fsp3) is 0.600. The number of hydrogen-bond acceptors (Lipinski definition) is 2. The van der Waals surface area contributed by atoms with Crippen LogP contribution in [0.15, 0.2) is 24.3 Å². The van der Waals surface area contributed by atoms with Crippen LogP contribution in [0.25, 0.3) is 0 Å². The third kappa shape index (κ3) is 5.22. The van der Waals surface area contributed by atoms with Gasteiger partial charge < -0.3 is 9.84 Å². The molecule has 0 saturated carbocycles. The minimum Gasteiger partial charge on any atom is -0.491 e. The molecule has 1 aromatic rings. The van der Waals surface area contributed by atoms with E-state index in [4.69, 9.17) is 4.74 Å². The predicted octanol–water partition coefficient (Wildman–Crippen LogP) is 3.42. The van der Waals surface area contributed by atoms with E-state index in [1.54, 1.807) is 0 Å². The molecular formula is C15H24O2. The van der Waals surface area contributed by atoms with Crippen molar-refractivity contribution in [1.82, 2.24) is 0 Å². The van der Waals surface area contributed by atoms with Gasteiger partial charge in [-0.2, -0.15) is 0 Å². The highest BCUT2D eigenvalue weighted by molar-refractivity contribution is 5.28. The Morgan fingerprint density at radius 2 is 1.88 bits per heavy atom. The number of rotatable bonds is 6. The van der Waals surface area contributed by atoms with Crippen molar-refractivity contribution < 1.29 is 9.84 Å². The number of aryl methyl sites for hydroxylation is 1. The van der Waals surface area contributed by atoms with Crippen LogP contribution in [0.3, 0.4) is 0 Å². The Bertz CT molecular complexity index is 331. The van der Waals surface area contributed by atoms with Gasteiger partial charge in [0.25, 0.3) is 0 Å². The Balaban J connectivity index is 2.54. The van der Waals surface area contributed by atoms with Crippen LogP contribution in [-0.2, 0) is 6.42 Å². The molecule has 0 bridgehead atoms. The summed E-state index contributed by atoms with van der Waals surface area (Å²) in [6.07, 6.45) is 1.69. The summed E-state index contributed by atoms with van der Waals surface area (Å²) in [6.45, 7) is 8.14. The fourth-order valence-electron chi connectivity index (χ4n) is 1.69. The molecule has 0 spiro atoms. The van der Waals surface area contributed by atoms with Crippen LogP contribution in [0.5, 0.6) is 5.75 Å². The van der Waals surface area contributed by atoms with Crippen molar-refractivity contribution in [3.63, 3.8) is 0 Å². The highest BCUT2D eigenvalue weighted by Crippen LogP contribution is 2.17. The molecule has 0 amide bonds. The van der Waals surface area contributed by atoms with Gasteiger partial charge in [0.2, 0.25) is 0 Å². The molecular weight excluding hydrogens is 212 g/mol. The lowest BCUT2D eigenvalue weighted by Crippen LogP contribution is -2.15. The normalized spacial score (nSPS) is 13.1. The van der Waals surface area contributed by atoms with Crippen molar-refractivity contribution in [3.8, 4) is 5.75 Å². The molecule has 0 radical (unpaired) electrons. The largest absolute Gasteiger partial charge is 0.491 e. The first-order chi connectivity index (χ1) is 7.99. The van der Waals surface area contributed by atoms with E-state index in [1.807, 2.05) is 39.8 Å². The van der Waals surface area contributed by atoms with E-state index in [-0.39, 0.29) is 12.2 Å². The van der Waals surface area contributed by atoms with Gasteiger partial charge in [0.15, 0.2) is 0 Å². The van der Waals surface area contributed by atoms with Gasteiger partial charge in [0.1, 0.15) is 5.75 Å². The van der Waals surface area contributed by atoms with E-state index in [2.05, 4.69) is 12.1 Å². The molecule has 96 valence electrons. The first-order valence-corrected chi connectivity index (χ1v) is 6.42. The highest BCUT2D eigenvalue weighted by Gasteiger charge is 2.09. The molecule has 0 aromatic heterocycles. The summed E-state index contributed by atoms with van der Waals surface area (Å²) in [4.78, 5) is 0. The Morgan fingerprint density at radius 3 is 2.47 bits per heavy atom. The Labute approximate surface area is 105 Å². The zero-order valence-electron chi connectivity index (χ0n) is 11.3. The molecule has 0 aliphatic heterocycles. The lowest BCUT2D eigenvalue weighted by atomic mass is 9.99. The standard InChI is InChI=1S/C15H24O2/c1-11(2)15(16)9-8-13-6-5-7-14(10-13)17-12(3)4/h5-7,10-12,15-16H,8-9H2,1-4H3. The number of aliphatic hydroxyl groups excluding tert-OH is 1. The smallest absolute Gasteiger partial charge is 0.119 e. The van der Waals surface area contributed by atoms with Gasteiger partial charge in [-0.1, -0.05) is 26.0 Å². The maximum atomic E-state index is 9.77. The van der Waals surface area contributed by atoms with E-state index in [0.717, 1.165) is 18.6 Å². The molecule has 0 fully saturated rings. The molecule has 0 saturated heterocycles. The molecule has 2 heteroatoms. The average molecular weight is 236 g/mol. The highest BCUT2D eigenvalue weighted by atomic mass is 16.5. The van der Waals surface area contributed by atoms with Gasteiger partial charge in [0, 0.05) is 0 Å². The molecule has 0 aliphatic carbocycles. The minimum atomic E-state index is -0.218. The second kappa shape index (κ2) is 6.65. The van der Waals surface area contributed by atoms with Crippen LogP contribution in [-0.4, -0.2) is 17.3 Å². The monoisotopic (exact) mass is 236 g/mol.